The summed E-state index contributed by atoms with van der Waals surface area (Å²) in [4.78, 5) is 28.0. The van der Waals surface area contributed by atoms with E-state index >= 15 is 0 Å². The Bertz CT molecular complexity index is 2650. The van der Waals surface area contributed by atoms with Crippen LogP contribution >= 0.6 is 23.5 Å². The van der Waals surface area contributed by atoms with Crippen LogP contribution in [-0.4, -0.2) is 102 Å². The lowest BCUT2D eigenvalue weighted by Gasteiger charge is -2.46. The number of aliphatic hydroxyl groups excluding tert-OH is 1. The molecule has 0 unspecified atom stereocenters. The van der Waals surface area contributed by atoms with E-state index in [0.29, 0.717) is 22.8 Å². The zero-order chi connectivity index (χ0) is 52.4. The van der Waals surface area contributed by atoms with Crippen molar-refractivity contribution in [2.45, 2.75) is 111 Å². The zero-order valence-electron chi connectivity index (χ0n) is 41.2. The molecule has 2 aliphatic heterocycles. The maximum absolute atomic E-state index is 14.6. The predicted octanol–water partition coefficient (Wildman–Crippen LogP) is 10.1. The molecule has 396 valence electrons. The Labute approximate surface area is 443 Å². The molecule has 2 N–H and O–H groups in total. The summed E-state index contributed by atoms with van der Waals surface area (Å²) in [5.74, 6) is -2.65. The van der Waals surface area contributed by atoms with Gasteiger partial charge in [-0.25, -0.2) is 4.79 Å². The molecule has 17 heteroatoms. The molecule has 12 nitrogen and oxygen atoms in total. The van der Waals surface area contributed by atoms with E-state index < -0.39 is 77.7 Å². The molecule has 2 heterocycles. The highest BCUT2D eigenvalue weighted by Crippen LogP contribution is 2.38. The van der Waals surface area contributed by atoms with Gasteiger partial charge in [-0.15, -0.1) is 11.8 Å². The number of benzene rings is 6. The van der Waals surface area contributed by atoms with Gasteiger partial charge in [0.1, 0.15) is 53.5 Å². The second-order valence-electron chi connectivity index (χ2n) is 17.8. The number of rotatable bonds is 24. The van der Waals surface area contributed by atoms with Gasteiger partial charge in [-0.3, -0.25) is 4.79 Å². The van der Waals surface area contributed by atoms with Gasteiger partial charge in [0.2, 0.25) is 0 Å². The predicted molar refractivity (Wildman–Crippen MR) is 278 cm³/mol. The Kier molecular flexibility index (Phi) is 20.8. The molecule has 0 spiro atoms. The smallest absolute Gasteiger partial charge is 0.454 e. The summed E-state index contributed by atoms with van der Waals surface area (Å²) in [5, 5.41) is 13.9. The average molecular weight is 1070 g/mol. The van der Waals surface area contributed by atoms with Crippen LogP contribution in [0, 0.1) is 0 Å². The summed E-state index contributed by atoms with van der Waals surface area (Å²) in [7, 11) is 0. The molecule has 6 aromatic rings. The minimum Gasteiger partial charge on any atom is -0.454 e. The zero-order valence-corrected chi connectivity index (χ0v) is 42.8. The van der Waals surface area contributed by atoms with Gasteiger partial charge in [-0.1, -0.05) is 176 Å². The van der Waals surface area contributed by atoms with Crippen molar-refractivity contribution in [1.82, 2.24) is 5.32 Å². The minimum atomic E-state index is -5.32. The molecular formula is C58H60F3NO11S2. The summed E-state index contributed by atoms with van der Waals surface area (Å²) in [5.41, 5.74) is 2.14. The standard InChI is InChI=1S/C58H60F3NO11S2/c1-2-74-56-53(52(69-35-42-26-14-6-15-27-42)50(68-34-41-24-12-5-13-25-41)47(72-56)38-67-33-40-22-10-4-11-23-40)70-36-43-28-18-19-31-45(43)54(64)73-51-48(62-57(65)58(59,60)61)55(75-44-29-16-7-17-30-44)71-46(49(51)63)37-66-32-39-20-8-3-9-21-39/h3-31,46-53,55-56,63H,2,32-38H2,1H3,(H,62,65)/t46-,47-,48-,49-,50-,51-,52+,53-,55+,56+/m1/s1. The molecule has 0 bridgehead atoms. The van der Waals surface area contributed by atoms with Crippen LogP contribution in [-0.2, 0) is 75.7 Å². The van der Waals surface area contributed by atoms with Crippen molar-refractivity contribution in [3.8, 4) is 0 Å². The quantitative estimate of drug-likeness (QED) is 0.0557. The highest BCUT2D eigenvalue weighted by atomic mass is 32.2. The maximum atomic E-state index is 14.6. The highest BCUT2D eigenvalue weighted by Gasteiger charge is 2.52. The van der Waals surface area contributed by atoms with Crippen LogP contribution in [0.15, 0.2) is 181 Å². The van der Waals surface area contributed by atoms with Crippen LogP contribution in [0.3, 0.4) is 0 Å². The van der Waals surface area contributed by atoms with Crippen LogP contribution in [0.5, 0.6) is 0 Å². The third kappa shape index (κ3) is 16.0. The molecule has 10 atom stereocenters. The van der Waals surface area contributed by atoms with Crippen LogP contribution in [0.25, 0.3) is 0 Å². The molecule has 6 aromatic carbocycles. The molecule has 0 aromatic heterocycles. The molecule has 0 radical (unpaired) electrons. The fraction of sp³-hybridized carbons (Fsp3) is 0.345. The first kappa shape index (κ1) is 55.7. The van der Waals surface area contributed by atoms with Gasteiger partial charge < -0.3 is 48.3 Å². The lowest BCUT2D eigenvalue weighted by molar-refractivity contribution is -0.254. The molecule has 0 aliphatic carbocycles. The normalized spacial score (nSPS) is 23.8. The summed E-state index contributed by atoms with van der Waals surface area (Å²) in [6, 6.07) is 52.0. The largest absolute Gasteiger partial charge is 0.471 e. The Hall–Kier alpha value is -5.57. The van der Waals surface area contributed by atoms with Crippen molar-refractivity contribution in [2.24, 2.45) is 0 Å². The summed E-state index contributed by atoms with van der Waals surface area (Å²) >= 11 is 2.52. The van der Waals surface area contributed by atoms with Crippen molar-refractivity contribution in [3.05, 3.63) is 209 Å². The van der Waals surface area contributed by atoms with Gasteiger partial charge in [-0.2, -0.15) is 13.2 Å². The molecule has 2 fully saturated rings. The number of carbonyl (C=O) groups excluding carboxylic acids is 2. The summed E-state index contributed by atoms with van der Waals surface area (Å²) < 4.78 is 94.1. The van der Waals surface area contributed by atoms with Gasteiger partial charge in [0.05, 0.1) is 51.8 Å². The first-order chi connectivity index (χ1) is 36.5. The van der Waals surface area contributed by atoms with E-state index in [1.165, 1.54) is 17.8 Å². The van der Waals surface area contributed by atoms with Crippen molar-refractivity contribution in [3.63, 3.8) is 0 Å². The van der Waals surface area contributed by atoms with Crippen LogP contribution < -0.4 is 5.32 Å². The summed E-state index contributed by atoms with van der Waals surface area (Å²) in [6.45, 7) is 2.68. The highest BCUT2D eigenvalue weighted by molar-refractivity contribution is 8.00. The number of esters is 1. The van der Waals surface area contributed by atoms with E-state index in [0.717, 1.165) is 34.0 Å². The number of halogens is 3. The van der Waals surface area contributed by atoms with E-state index in [1.807, 2.05) is 134 Å². The molecule has 0 saturated carbocycles. The van der Waals surface area contributed by atoms with Crippen molar-refractivity contribution in [2.75, 3.05) is 19.0 Å². The lowest BCUT2D eigenvalue weighted by atomic mass is 9.97. The van der Waals surface area contributed by atoms with E-state index in [4.69, 9.17) is 37.9 Å². The Morgan fingerprint density at radius 2 is 1.03 bits per heavy atom. The SMILES string of the molecule is CCS[C@@H]1O[C@H](COCc2ccccc2)[C@@H](OCc2ccccc2)[C@H](OCc2ccccc2)[C@H]1OCc1ccccc1C(=O)O[C@H]1[C@H](O)[C@@H](COCc2ccccc2)O[C@@H](Sc2ccccc2)[C@@H]1NC(=O)C(F)(F)F. The molecule has 2 saturated heterocycles. The Morgan fingerprint density at radius 1 is 0.560 bits per heavy atom. The fourth-order valence-electron chi connectivity index (χ4n) is 8.68. The monoisotopic (exact) mass is 1070 g/mol. The van der Waals surface area contributed by atoms with Gasteiger partial charge in [0.25, 0.3) is 0 Å². The summed E-state index contributed by atoms with van der Waals surface area (Å²) in [6.07, 6.45) is -12.9. The number of hydrogen-bond donors (Lipinski definition) is 2. The van der Waals surface area contributed by atoms with E-state index in [1.54, 1.807) is 48.5 Å². The third-order valence-corrected chi connectivity index (χ3v) is 14.6. The molecule has 1 amide bonds. The minimum absolute atomic E-state index is 0.00322. The third-order valence-electron chi connectivity index (χ3n) is 12.4. The van der Waals surface area contributed by atoms with Gasteiger partial charge >= 0.3 is 18.1 Å². The lowest BCUT2D eigenvalue weighted by Crippen LogP contribution is -2.65. The second-order valence-corrected chi connectivity index (χ2v) is 20.3. The van der Waals surface area contributed by atoms with Crippen LogP contribution in [0.4, 0.5) is 13.2 Å². The number of ether oxygens (including phenoxy) is 8. The Morgan fingerprint density at radius 3 is 1.57 bits per heavy atom. The fourth-order valence-corrected chi connectivity index (χ4v) is 10.8. The van der Waals surface area contributed by atoms with Crippen molar-refractivity contribution in [1.29, 1.82) is 0 Å². The number of thioether (sulfide) groups is 2. The molecule has 75 heavy (non-hydrogen) atoms. The van der Waals surface area contributed by atoms with Gasteiger partial charge in [-0.05, 0) is 51.8 Å². The van der Waals surface area contributed by atoms with Crippen LogP contribution in [0.2, 0.25) is 0 Å². The number of aliphatic hydroxyl groups is 1. The average Bonchev–Trinajstić information content (AvgIpc) is 3.43. The number of amides is 1. The Balaban J connectivity index is 1.07. The number of carbonyl (C=O) groups is 2. The molecular weight excluding hydrogens is 1010 g/mol. The molecule has 2 aliphatic rings. The number of hydrogen-bond acceptors (Lipinski definition) is 13. The van der Waals surface area contributed by atoms with Crippen molar-refractivity contribution >= 4 is 35.4 Å². The second kappa shape index (κ2) is 28.0. The van der Waals surface area contributed by atoms with E-state index in [9.17, 15) is 27.9 Å². The molecule has 8 rings (SSSR count). The van der Waals surface area contributed by atoms with Crippen LogP contribution in [0.1, 0.15) is 45.1 Å². The maximum Gasteiger partial charge on any atom is 0.471 e. The van der Waals surface area contributed by atoms with E-state index in [2.05, 4.69) is 0 Å². The number of nitrogens with one attached hydrogen (secondary N) is 1. The van der Waals surface area contributed by atoms with Crippen molar-refractivity contribution < 1.29 is 65.8 Å². The van der Waals surface area contributed by atoms with E-state index in [-0.39, 0.29) is 45.2 Å². The number of alkyl halides is 3. The van der Waals surface area contributed by atoms with Gasteiger partial charge in [0.15, 0.2) is 6.10 Å². The van der Waals surface area contributed by atoms with Gasteiger partial charge in [0, 0.05) is 4.90 Å². The first-order valence-corrected chi connectivity index (χ1v) is 26.6. The first-order valence-electron chi connectivity index (χ1n) is 24.7. The topological polar surface area (TPSA) is 140 Å².